The van der Waals surface area contributed by atoms with Crippen LogP contribution in [0.5, 0.6) is 0 Å². The van der Waals surface area contributed by atoms with E-state index in [9.17, 15) is 0 Å². The minimum Gasteiger partial charge on any atom is -0.385 e. The quantitative estimate of drug-likeness (QED) is 0.864. The smallest absolute Gasteiger partial charge is 0.0955 e. The fourth-order valence-electron chi connectivity index (χ4n) is 2.63. The summed E-state index contributed by atoms with van der Waals surface area (Å²) >= 11 is 0. The summed E-state index contributed by atoms with van der Waals surface area (Å²) in [4.78, 5) is 4.38. The zero-order valence-corrected chi connectivity index (χ0v) is 10.8. The molecule has 2 N–H and O–H groups in total. The highest BCUT2D eigenvalue weighted by atomic mass is 15.0. The van der Waals surface area contributed by atoms with Gasteiger partial charge in [-0.25, -0.2) is 4.98 Å². The molecule has 1 aliphatic rings. The zero-order valence-electron chi connectivity index (χ0n) is 10.8. The average molecular weight is 244 g/mol. The molecule has 0 aliphatic carbocycles. The van der Waals surface area contributed by atoms with E-state index in [4.69, 9.17) is 0 Å². The summed E-state index contributed by atoms with van der Waals surface area (Å²) in [5.41, 5.74) is 3.41. The van der Waals surface area contributed by atoms with Gasteiger partial charge in [-0.1, -0.05) is 0 Å². The molecule has 2 heterocycles. The Morgan fingerprint density at radius 3 is 3.28 bits per heavy atom. The van der Waals surface area contributed by atoms with E-state index >= 15 is 0 Å². The van der Waals surface area contributed by atoms with Crippen LogP contribution in [0.25, 0.3) is 11.0 Å². The molecule has 0 amide bonds. The zero-order chi connectivity index (χ0) is 12.4. The predicted octanol–water partition coefficient (Wildman–Crippen LogP) is 1.98. The van der Waals surface area contributed by atoms with Crippen LogP contribution in [0.2, 0.25) is 0 Å². The van der Waals surface area contributed by atoms with Crippen molar-refractivity contribution in [3.63, 3.8) is 0 Å². The number of benzene rings is 1. The molecule has 18 heavy (non-hydrogen) atoms. The lowest BCUT2D eigenvalue weighted by Crippen LogP contribution is -2.12. The first kappa shape index (κ1) is 11.5. The van der Waals surface area contributed by atoms with Crippen LogP contribution in [0.1, 0.15) is 12.8 Å². The maximum Gasteiger partial charge on any atom is 0.0955 e. The number of aromatic nitrogens is 2. The van der Waals surface area contributed by atoms with Crippen LogP contribution < -0.4 is 10.6 Å². The number of rotatable bonds is 4. The van der Waals surface area contributed by atoms with Gasteiger partial charge in [-0.05, 0) is 50.0 Å². The molecular formula is C14H20N4. The van der Waals surface area contributed by atoms with Crippen molar-refractivity contribution in [3.05, 3.63) is 24.5 Å². The summed E-state index contributed by atoms with van der Waals surface area (Å²) in [5.74, 6) is 0.844. The molecule has 1 fully saturated rings. The molecule has 0 bridgehead atoms. The Morgan fingerprint density at radius 1 is 1.50 bits per heavy atom. The van der Waals surface area contributed by atoms with Crippen molar-refractivity contribution < 1.29 is 0 Å². The summed E-state index contributed by atoms with van der Waals surface area (Å²) in [6.45, 7) is 3.41. The standard InChI is InChI=1S/C14H20N4/c1-18-10-17-13-8-12(2-3-14(13)18)16-7-5-11-4-6-15-9-11/h2-3,8,10-11,15-16H,4-7,9H2,1H3. The normalized spacial score (nSPS) is 19.5. The molecule has 1 unspecified atom stereocenters. The molecule has 1 aliphatic heterocycles. The van der Waals surface area contributed by atoms with Crippen LogP contribution in [0, 0.1) is 5.92 Å². The minimum absolute atomic E-state index is 0.844. The lowest BCUT2D eigenvalue weighted by Gasteiger charge is -2.10. The van der Waals surface area contributed by atoms with Gasteiger partial charge in [0.15, 0.2) is 0 Å². The predicted molar refractivity (Wildman–Crippen MR) is 74.8 cm³/mol. The maximum atomic E-state index is 4.38. The Balaban J connectivity index is 1.60. The van der Waals surface area contributed by atoms with Crippen LogP contribution in [-0.4, -0.2) is 29.2 Å². The van der Waals surface area contributed by atoms with E-state index < -0.39 is 0 Å². The van der Waals surface area contributed by atoms with E-state index in [0.717, 1.165) is 18.0 Å². The molecule has 4 heteroatoms. The highest BCUT2D eigenvalue weighted by Crippen LogP contribution is 2.18. The third-order valence-electron chi connectivity index (χ3n) is 3.77. The summed E-state index contributed by atoms with van der Waals surface area (Å²) in [6.07, 6.45) is 4.42. The lowest BCUT2D eigenvalue weighted by molar-refractivity contribution is 0.549. The van der Waals surface area contributed by atoms with E-state index in [-0.39, 0.29) is 0 Å². The Hall–Kier alpha value is -1.55. The fourth-order valence-corrected chi connectivity index (χ4v) is 2.63. The fraction of sp³-hybridized carbons (Fsp3) is 0.500. The second kappa shape index (κ2) is 4.98. The van der Waals surface area contributed by atoms with Crippen LogP contribution in [0.4, 0.5) is 5.69 Å². The molecule has 1 aromatic carbocycles. The number of nitrogens with zero attached hydrogens (tertiary/aromatic N) is 2. The molecule has 4 nitrogen and oxygen atoms in total. The third kappa shape index (κ3) is 2.34. The average Bonchev–Trinajstić information content (AvgIpc) is 3.00. The summed E-state index contributed by atoms with van der Waals surface area (Å²) < 4.78 is 2.04. The van der Waals surface area contributed by atoms with Crippen molar-refractivity contribution in [2.75, 3.05) is 25.0 Å². The molecule has 0 spiro atoms. The Labute approximate surface area is 107 Å². The highest BCUT2D eigenvalue weighted by Gasteiger charge is 2.13. The molecule has 0 saturated carbocycles. The van der Waals surface area contributed by atoms with Crippen molar-refractivity contribution in [3.8, 4) is 0 Å². The molecule has 1 saturated heterocycles. The number of fused-ring (bicyclic) bond motifs is 1. The van der Waals surface area contributed by atoms with Crippen LogP contribution in [-0.2, 0) is 7.05 Å². The van der Waals surface area contributed by atoms with Crippen molar-refractivity contribution in [2.45, 2.75) is 12.8 Å². The molecule has 3 rings (SSSR count). The van der Waals surface area contributed by atoms with Gasteiger partial charge in [-0.15, -0.1) is 0 Å². The van der Waals surface area contributed by atoms with E-state index in [2.05, 4.69) is 33.8 Å². The second-order valence-electron chi connectivity index (χ2n) is 5.13. The number of anilines is 1. The van der Waals surface area contributed by atoms with Gasteiger partial charge in [0.25, 0.3) is 0 Å². The Bertz CT molecular complexity index is 526. The van der Waals surface area contributed by atoms with Crippen molar-refractivity contribution >= 4 is 16.7 Å². The van der Waals surface area contributed by atoms with Gasteiger partial charge in [0.1, 0.15) is 0 Å². The van der Waals surface area contributed by atoms with Gasteiger partial charge in [-0.2, -0.15) is 0 Å². The summed E-state index contributed by atoms with van der Waals surface area (Å²) in [7, 11) is 2.02. The SMILES string of the molecule is Cn1cnc2cc(NCCC3CCNC3)ccc21. The van der Waals surface area contributed by atoms with Gasteiger partial charge in [0, 0.05) is 19.3 Å². The highest BCUT2D eigenvalue weighted by molar-refractivity contribution is 5.79. The van der Waals surface area contributed by atoms with Crippen molar-refractivity contribution in [1.82, 2.24) is 14.9 Å². The lowest BCUT2D eigenvalue weighted by atomic mass is 10.1. The van der Waals surface area contributed by atoms with Crippen LogP contribution in [0.15, 0.2) is 24.5 Å². The Morgan fingerprint density at radius 2 is 2.44 bits per heavy atom. The van der Waals surface area contributed by atoms with E-state index in [1.807, 2.05) is 17.9 Å². The maximum absolute atomic E-state index is 4.38. The molecular weight excluding hydrogens is 224 g/mol. The van der Waals surface area contributed by atoms with Gasteiger partial charge in [0.05, 0.1) is 17.4 Å². The number of hydrogen-bond acceptors (Lipinski definition) is 3. The topological polar surface area (TPSA) is 41.9 Å². The molecule has 1 aromatic heterocycles. The monoisotopic (exact) mass is 244 g/mol. The Kier molecular flexibility index (Phi) is 3.19. The molecule has 2 aromatic rings. The number of nitrogens with one attached hydrogen (secondary N) is 2. The van der Waals surface area contributed by atoms with E-state index in [1.165, 1.54) is 37.1 Å². The number of aryl methyl sites for hydroxylation is 1. The van der Waals surface area contributed by atoms with Crippen molar-refractivity contribution in [1.29, 1.82) is 0 Å². The number of imidazole rings is 1. The molecule has 1 atom stereocenters. The first-order chi connectivity index (χ1) is 8.83. The molecule has 96 valence electrons. The number of hydrogen-bond donors (Lipinski definition) is 2. The third-order valence-corrected chi connectivity index (χ3v) is 3.77. The first-order valence-electron chi connectivity index (χ1n) is 6.68. The summed E-state index contributed by atoms with van der Waals surface area (Å²) in [6, 6.07) is 6.39. The van der Waals surface area contributed by atoms with Gasteiger partial charge < -0.3 is 15.2 Å². The van der Waals surface area contributed by atoms with Gasteiger partial charge >= 0.3 is 0 Å². The van der Waals surface area contributed by atoms with E-state index in [1.54, 1.807) is 0 Å². The first-order valence-corrected chi connectivity index (χ1v) is 6.68. The van der Waals surface area contributed by atoms with Crippen molar-refractivity contribution in [2.24, 2.45) is 13.0 Å². The summed E-state index contributed by atoms with van der Waals surface area (Å²) in [5, 5.41) is 6.90. The van der Waals surface area contributed by atoms with E-state index in [0.29, 0.717) is 0 Å². The molecule has 0 radical (unpaired) electrons. The van der Waals surface area contributed by atoms with Crippen LogP contribution in [0.3, 0.4) is 0 Å². The van der Waals surface area contributed by atoms with Gasteiger partial charge in [0.2, 0.25) is 0 Å². The van der Waals surface area contributed by atoms with Gasteiger partial charge in [-0.3, -0.25) is 0 Å². The minimum atomic E-state index is 0.844. The van der Waals surface area contributed by atoms with Crippen LogP contribution >= 0.6 is 0 Å². The largest absolute Gasteiger partial charge is 0.385 e. The second-order valence-corrected chi connectivity index (χ2v) is 5.13.